The minimum atomic E-state index is -0.575. The molecule has 3 nitrogen and oxygen atoms in total. The van der Waals surface area contributed by atoms with Crippen molar-refractivity contribution < 1.29 is 14.9 Å². The number of rotatable bonds is 3. The molecular weight excluding hydrogens is 108 g/mol. The zero-order valence-electron chi connectivity index (χ0n) is 5.47. The summed E-state index contributed by atoms with van der Waals surface area (Å²) in [7, 11) is 1.41. The Labute approximate surface area is 49.1 Å². The van der Waals surface area contributed by atoms with E-state index in [2.05, 4.69) is 9.78 Å². The van der Waals surface area contributed by atoms with Crippen LogP contribution in [0.3, 0.4) is 0 Å². The van der Waals surface area contributed by atoms with E-state index in [1.165, 1.54) is 7.11 Å². The van der Waals surface area contributed by atoms with Gasteiger partial charge in [-0.3, -0.25) is 0 Å². The Bertz CT molecular complexity index is 60.7. The van der Waals surface area contributed by atoms with Gasteiger partial charge in [-0.2, -0.15) is 0 Å². The van der Waals surface area contributed by atoms with E-state index in [9.17, 15) is 0 Å². The van der Waals surface area contributed by atoms with Gasteiger partial charge in [-0.25, -0.2) is 9.78 Å². The molecule has 0 aliphatic heterocycles. The van der Waals surface area contributed by atoms with E-state index in [0.717, 1.165) is 0 Å². The minimum Gasteiger partial charge on any atom is -0.393 e. The van der Waals surface area contributed by atoms with Gasteiger partial charge in [0, 0.05) is 0 Å². The van der Waals surface area contributed by atoms with Crippen molar-refractivity contribution in [1.82, 2.24) is 0 Å². The number of aliphatic hydroxyl groups excluding tert-OH is 1. The van der Waals surface area contributed by atoms with E-state index < -0.39 is 5.60 Å². The zero-order valence-corrected chi connectivity index (χ0v) is 5.47. The Morgan fingerprint density at radius 2 is 2.00 bits per heavy atom. The molecule has 0 heterocycles. The SMILES string of the molecule is COOC(C)(C)CO. The molecule has 0 aliphatic carbocycles. The van der Waals surface area contributed by atoms with Crippen molar-refractivity contribution in [1.29, 1.82) is 0 Å². The van der Waals surface area contributed by atoms with E-state index in [1.807, 2.05) is 0 Å². The molecule has 0 unspecified atom stereocenters. The summed E-state index contributed by atoms with van der Waals surface area (Å²) in [6, 6.07) is 0. The van der Waals surface area contributed by atoms with Crippen LogP contribution in [0.1, 0.15) is 13.8 Å². The second-order valence-corrected chi connectivity index (χ2v) is 2.17. The van der Waals surface area contributed by atoms with Crippen molar-refractivity contribution in [2.24, 2.45) is 0 Å². The summed E-state index contributed by atoms with van der Waals surface area (Å²) >= 11 is 0. The van der Waals surface area contributed by atoms with Crippen molar-refractivity contribution in [2.75, 3.05) is 13.7 Å². The lowest BCUT2D eigenvalue weighted by molar-refractivity contribution is -0.341. The molecule has 0 fully saturated rings. The monoisotopic (exact) mass is 120 g/mol. The van der Waals surface area contributed by atoms with E-state index >= 15 is 0 Å². The summed E-state index contributed by atoms with van der Waals surface area (Å²) in [6.45, 7) is 3.42. The molecule has 1 N–H and O–H groups in total. The van der Waals surface area contributed by atoms with Gasteiger partial charge in [0.25, 0.3) is 0 Å². The quantitative estimate of drug-likeness (QED) is 0.431. The summed E-state index contributed by atoms with van der Waals surface area (Å²) in [5.74, 6) is 0. The third-order valence-electron chi connectivity index (χ3n) is 0.690. The van der Waals surface area contributed by atoms with Crippen LogP contribution < -0.4 is 0 Å². The molecule has 0 bridgehead atoms. The molecule has 0 saturated heterocycles. The molecule has 0 amide bonds. The fourth-order valence-corrected chi connectivity index (χ4v) is 0.252. The summed E-state index contributed by atoms with van der Waals surface area (Å²) in [4.78, 5) is 8.97. The first-order chi connectivity index (χ1) is 3.62. The Hall–Kier alpha value is -0.120. The van der Waals surface area contributed by atoms with Crippen LogP contribution in [0.4, 0.5) is 0 Å². The molecule has 0 aliphatic rings. The Morgan fingerprint density at radius 3 is 2.12 bits per heavy atom. The first-order valence-corrected chi connectivity index (χ1v) is 2.45. The van der Waals surface area contributed by atoms with Gasteiger partial charge in [0.2, 0.25) is 0 Å². The Kier molecular flexibility index (Phi) is 2.97. The molecule has 0 radical (unpaired) electrons. The predicted octanol–water partition coefficient (Wildman–Crippen LogP) is 0.335. The van der Waals surface area contributed by atoms with Crippen LogP contribution in [0.5, 0.6) is 0 Å². The molecule has 50 valence electrons. The van der Waals surface area contributed by atoms with Gasteiger partial charge in [0.05, 0.1) is 13.7 Å². The maximum Gasteiger partial charge on any atom is 0.121 e. The molecule has 3 heteroatoms. The molecule has 0 aromatic carbocycles. The van der Waals surface area contributed by atoms with Gasteiger partial charge < -0.3 is 5.11 Å². The van der Waals surface area contributed by atoms with Crippen molar-refractivity contribution in [3.63, 3.8) is 0 Å². The normalized spacial score (nSPS) is 12.0. The van der Waals surface area contributed by atoms with Crippen LogP contribution in [0.2, 0.25) is 0 Å². The molecule has 8 heavy (non-hydrogen) atoms. The zero-order chi connectivity index (χ0) is 6.62. The average molecular weight is 120 g/mol. The van der Waals surface area contributed by atoms with Gasteiger partial charge in [-0.15, -0.1) is 0 Å². The highest BCUT2D eigenvalue weighted by Gasteiger charge is 2.16. The highest BCUT2D eigenvalue weighted by Crippen LogP contribution is 2.05. The molecule has 0 saturated carbocycles. The minimum absolute atomic E-state index is 0.0408. The summed E-state index contributed by atoms with van der Waals surface area (Å²) < 4.78 is 0. The van der Waals surface area contributed by atoms with Gasteiger partial charge in [-0.05, 0) is 13.8 Å². The predicted molar refractivity (Wildman–Crippen MR) is 29.3 cm³/mol. The maximum atomic E-state index is 8.52. The molecular formula is C5H12O3. The van der Waals surface area contributed by atoms with E-state index in [4.69, 9.17) is 5.11 Å². The van der Waals surface area contributed by atoms with Crippen LogP contribution >= 0.6 is 0 Å². The summed E-state index contributed by atoms with van der Waals surface area (Å²) in [5.41, 5.74) is -0.575. The highest BCUT2D eigenvalue weighted by molar-refractivity contribution is 4.62. The lowest BCUT2D eigenvalue weighted by atomic mass is 10.2. The number of hydrogen-bond donors (Lipinski definition) is 1. The largest absolute Gasteiger partial charge is 0.393 e. The van der Waals surface area contributed by atoms with E-state index in [1.54, 1.807) is 13.8 Å². The van der Waals surface area contributed by atoms with Crippen molar-refractivity contribution in [3.8, 4) is 0 Å². The van der Waals surface area contributed by atoms with Crippen LogP contribution in [0.15, 0.2) is 0 Å². The molecule has 0 aromatic rings. The van der Waals surface area contributed by atoms with Crippen LogP contribution in [-0.2, 0) is 9.78 Å². The van der Waals surface area contributed by atoms with Crippen molar-refractivity contribution >= 4 is 0 Å². The van der Waals surface area contributed by atoms with E-state index in [0.29, 0.717) is 0 Å². The average Bonchev–Trinajstić information content (AvgIpc) is 1.67. The van der Waals surface area contributed by atoms with Crippen LogP contribution in [0, 0.1) is 0 Å². The highest BCUT2D eigenvalue weighted by atomic mass is 17.2. The Balaban J connectivity index is 3.37. The van der Waals surface area contributed by atoms with Gasteiger partial charge >= 0.3 is 0 Å². The standard InChI is InChI=1S/C5H12O3/c1-5(2,4-6)8-7-3/h6H,4H2,1-3H3. The van der Waals surface area contributed by atoms with Crippen LogP contribution in [-0.4, -0.2) is 24.4 Å². The summed E-state index contributed by atoms with van der Waals surface area (Å²) in [5, 5.41) is 8.52. The molecule has 0 spiro atoms. The fraction of sp³-hybridized carbons (Fsp3) is 1.00. The maximum absolute atomic E-state index is 8.52. The van der Waals surface area contributed by atoms with Crippen LogP contribution in [0.25, 0.3) is 0 Å². The number of hydrogen-bond acceptors (Lipinski definition) is 3. The smallest absolute Gasteiger partial charge is 0.121 e. The van der Waals surface area contributed by atoms with Crippen molar-refractivity contribution in [3.05, 3.63) is 0 Å². The van der Waals surface area contributed by atoms with Gasteiger partial charge in [0.15, 0.2) is 0 Å². The van der Waals surface area contributed by atoms with Gasteiger partial charge in [0.1, 0.15) is 5.60 Å². The topological polar surface area (TPSA) is 38.7 Å². The molecule has 0 atom stereocenters. The molecule has 0 aromatic heterocycles. The Morgan fingerprint density at radius 1 is 1.50 bits per heavy atom. The third kappa shape index (κ3) is 2.96. The first-order valence-electron chi connectivity index (χ1n) is 2.45. The second-order valence-electron chi connectivity index (χ2n) is 2.17. The van der Waals surface area contributed by atoms with Gasteiger partial charge in [-0.1, -0.05) is 0 Å². The first kappa shape index (κ1) is 7.88. The second kappa shape index (κ2) is 3.02. The summed E-state index contributed by atoms with van der Waals surface area (Å²) in [6.07, 6.45) is 0. The third-order valence-corrected chi connectivity index (χ3v) is 0.690. The van der Waals surface area contributed by atoms with E-state index in [-0.39, 0.29) is 6.61 Å². The fourth-order valence-electron chi connectivity index (χ4n) is 0.252. The molecule has 0 rings (SSSR count). The lowest BCUT2D eigenvalue weighted by Crippen LogP contribution is -2.28. The lowest BCUT2D eigenvalue weighted by Gasteiger charge is -2.18. The van der Waals surface area contributed by atoms with Crippen molar-refractivity contribution in [2.45, 2.75) is 19.4 Å². The number of aliphatic hydroxyl groups is 1.